The highest BCUT2D eigenvalue weighted by atomic mass is 28.3. The zero-order chi connectivity index (χ0) is 14.5. The van der Waals surface area contributed by atoms with Gasteiger partial charge in [-0.2, -0.15) is 0 Å². The molecule has 0 aliphatic carbocycles. The molecule has 0 aromatic heterocycles. The molecular weight excluding hydrogens is 258 g/mol. The Kier molecular flexibility index (Phi) is 5.72. The summed E-state index contributed by atoms with van der Waals surface area (Å²) in [4.78, 5) is 13.5. The fraction of sp³-hybridized carbons (Fsp3) is 0.500. The molecule has 0 heterocycles. The molecule has 1 rings (SSSR count). The fourth-order valence-corrected chi connectivity index (χ4v) is 3.62. The van der Waals surface area contributed by atoms with Crippen molar-refractivity contribution in [3.05, 3.63) is 35.9 Å². The van der Waals surface area contributed by atoms with E-state index in [0.29, 0.717) is 6.73 Å². The van der Waals surface area contributed by atoms with Crippen molar-refractivity contribution in [1.29, 1.82) is 0 Å². The van der Waals surface area contributed by atoms with Gasteiger partial charge in [0.25, 0.3) is 0 Å². The number of hydrogen-bond acceptors (Lipinski definition) is 3. The molecule has 0 amide bonds. The first-order chi connectivity index (χ1) is 8.85. The van der Waals surface area contributed by atoms with E-state index in [4.69, 9.17) is 4.74 Å². The van der Waals surface area contributed by atoms with E-state index < -0.39 is 20.1 Å². The number of nitrogens with zero attached hydrogens (tertiary/aromatic N) is 1. The van der Waals surface area contributed by atoms with Crippen molar-refractivity contribution in [2.24, 2.45) is 0 Å². The van der Waals surface area contributed by atoms with Crippen molar-refractivity contribution in [2.45, 2.75) is 25.7 Å². The largest absolute Gasteiger partial charge is 0.480 e. The molecule has 1 N–H and O–H groups in total. The van der Waals surface area contributed by atoms with Crippen LogP contribution in [0.5, 0.6) is 0 Å². The zero-order valence-electron chi connectivity index (χ0n) is 12.1. The van der Waals surface area contributed by atoms with Crippen LogP contribution in [0.3, 0.4) is 0 Å². The summed E-state index contributed by atoms with van der Waals surface area (Å²) in [5.74, 6) is -0.832. The van der Waals surface area contributed by atoms with Crippen molar-refractivity contribution in [3.8, 4) is 0 Å². The van der Waals surface area contributed by atoms with Gasteiger partial charge in [0.05, 0.1) is 14.8 Å². The van der Waals surface area contributed by atoms with Gasteiger partial charge in [0.2, 0.25) is 0 Å². The Hall–Kier alpha value is -1.17. The van der Waals surface area contributed by atoms with E-state index >= 15 is 0 Å². The zero-order valence-corrected chi connectivity index (χ0v) is 13.1. The quantitative estimate of drug-likeness (QED) is 0.616. The molecule has 1 atom stereocenters. The third kappa shape index (κ3) is 5.14. The van der Waals surface area contributed by atoms with Crippen LogP contribution in [0.25, 0.3) is 0 Å². The van der Waals surface area contributed by atoms with Crippen LogP contribution < -0.4 is 0 Å². The van der Waals surface area contributed by atoms with Crippen LogP contribution in [0, 0.1) is 0 Å². The van der Waals surface area contributed by atoms with Crippen LogP contribution in [0.1, 0.15) is 11.6 Å². The van der Waals surface area contributed by atoms with Gasteiger partial charge in [-0.05, 0) is 11.7 Å². The number of carbonyl (C=O) groups is 1. The second kappa shape index (κ2) is 6.84. The number of rotatable bonds is 7. The van der Waals surface area contributed by atoms with E-state index in [-0.39, 0.29) is 0 Å². The summed E-state index contributed by atoms with van der Waals surface area (Å²) in [6, 6.07) is 8.68. The fourth-order valence-electron chi connectivity index (χ4n) is 2.13. The summed E-state index contributed by atoms with van der Waals surface area (Å²) in [7, 11) is 0.182. The molecule has 19 heavy (non-hydrogen) atoms. The standard InChI is InChI=1S/C14H23NO3Si/c1-18-10-15(11-19(2,3)4)13(14(16)17)12-8-6-5-7-9-12/h5-9,13H,10-11H2,1-4H3,(H,16,17). The Balaban J connectivity index is 3.03. The van der Waals surface area contributed by atoms with Gasteiger partial charge in [0.15, 0.2) is 0 Å². The third-order valence-electron chi connectivity index (χ3n) is 2.69. The van der Waals surface area contributed by atoms with Gasteiger partial charge < -0.3 is 9.84 Å². The molecule has 0 bridgehead atoms. The first kappa shape index (κ1) is 15.9. The summed E-state index contributed by atoms with van der Waals surface area (Å²) in [5.41, 5.74) is 0.797. The smallest absolute Gasteiger partial charge is 0.325 e. The SMILES string of the molecule is COCN(C[Si](C)(C)C)C(C(=O)O)c1ccccc1. The molecule has 0 radical (unpaired) electrons. The van der Waals surface area contributed by atoms with Crippen LogP contribution >= 0.6 is 0 Å². The molecule has 1 unspecified atom stereocenters. The monoisotopic (exact) mass is 281 g/mol. The highest BCUT2D eigenvalue weighted by molar-refractivity contribution is 6.76. The maximum atomic E-state index is 11.6. The second-order valence-corrected chi connectivity index (χ2v) is 11.3. The van der Waals surface area contributed by atoms with Gasteiger partial charge in [0.1, 0.15) is 6.04 Å². The minimum Gasteiger partial charge on any atom is -0.480 e. The Morgan fingerprint density at radius 1 is 1.32 bits per heavy atom. The summed E-state index contributed by atoms with van der Waals surface area (Å²) in [6.45, 7) is 6.99. The van der Waals surface area contributed by atoms with Crippen molar-refractivity contribution in [1.82, 2.24) is 4.90 Å². The van der Waals surface area contributed by atoms with E-state index in [1.54, 1.807) is 7.11 Å². The van der Waals surface area contributed by atoms with Crippen molar-refractivity contribution >= 4 is 14.0 Å². The lowest BCUT2D eigenvalue weighted by atomic mass is 10.1. The third-order valence-corrected chi connectivity index (χ3v) is 4.04. The normalized spacial score (nSPS) is 13.5. The number of carboxylic acid groups (broad SMARTS) is 1. The highest BCUT2D eigenvalue weighted by Crippen LogP contribution is 2.22. The summed E-state index contributed by atoms with van der Waals surface area (Å²) < 4.78 is 5.19. The van der Waals surface area contributed by atoms with E-state index in [2.05, 4.69) is 19.6 Å². The molecule has 106 valence electrons. The minimum absolute atomic E-state index is 0.329. The lowest BCUT2D eigenvalue weighted by Gasteiger charge is -2.32. The van der Waals surface area contributed by atoms with Gasteiger partial charge in [-0.1, -0.05) is 50.0 Å². The van der Waals surface area contributed by atoms with E-state index in [1.165, 1.54) is 0 Å². The van der Waals surface area contributed by atoms with Gasteiger partial charge in [-0.25, -0.2) is 0 Å². The van der Waals surface area contributed by atoms with Gasteiger partial charge >= 0.3 is 5.97 Å². The molecule has 1 aromatic rings. The van der Waals surface area contributed by atoms with Crippen LogP contribution in [0.4, 0.5) is 0 Å². The maximum absolute atomic E-state index is 11.6. The van der Waals surface area contributed by atoms with E-state index in [9.17, 15) is 9.90 Å². The van der Waals surface area contributed by atoms with Crippen LogP contribution in [0.2, 0.25) is 19.6 Å². The average molecular weight is 281 g/mol. The molecule has 5 heteroatoms. The van der Waals surface area contributed by atoms with Crippen LogP contribution in [0.15, 0.2) is 30.3 Å². The molecule has 0 saturated carbocycles. The lowest BCUT2D eigenvalue weighted by molar-refractivity contribution is -0.145. The number of hydrogen-bond donors (Lipinski definition) is 1. The molecule has 4 nitrogen and oxygen atoms in total. The number of ether oxygens (including phenoxy) is 1. The number of carboxylic acids is 1. The first-order valence-corrected chi connectivity index (χ1v) is 10.1. The number of aliphatic carboxylic acids is 1. The molecule has 1 aromatic carbocycles. The average Bonchev–Trinajstić information content (AvgIpc) is 2.28. The Morgan fingerprint density at radius 2 is 1.89 bits per heavy atom. The Labute approximate surface area is 116 Å². The number of benzene rings is 1. The summed E-state index contributed by atoms with van der Waals surface area (Å²) in [5, 5.41) is 9.54. The van der Waals surface area contributed by atoms with E-state index in [0.717, 1.165) is 11.7 Å². The predicted molar refractivity (Wildman–Crippen MR) is 78.7 cm³/mol. The van der Waals surface area contributed by atoms with Crippen molar-refractivity contribution in [2.75, 3.05) is 20.0 Å². The highest BCUT2D eigenvalue weighted by Gasteiger charge is 2.30. The molecule has 0 spiro atoms. The summed E-state index contributed by atoms with van der Waals surface area (Å²) in [6.07, 6.45) is 0.784. The Morgan fingerprint density at radius 3 is 2.32 bits per heavy atom. The van der Waals surface area contributed by atoms with Crippen molar-refractivity contribution < 1.29 is 14.6 Å². The lowest BCUT2D eigenvalue weighted by Crippen LogP contribution is -2.45. The minimum atomic E-state index is -1.42. The first-order valence-electron chi connectivity index (χ1n) is 6.36. The summed E-state index contributed by atoms with van der Waals surface area (Å²) >= 11 is 0. The predicted octanol–water partition coefficient (Wildman–Crippen LogP) is 2.60. The van der Waals surface area contributed by atoms with Gasteiger partial charge in [-0.15, -0.1) is 0 Å². The van der Waals surface area contributed by atoms with Crippen molar-refractivity contribution in [3.63, 3.8) is 0 Å². The Bertz CT molecular complexity index is 403. The topological polar surface area (TPSA) is 49.8 Å². The van der Waals surface area contributed by atoms with E-state index in [1.807, 2.05) is 35.2 Å². The maximum Gasteiger partial charge on any atom is 0.325 e. The molecule has 0 aliphatic rings. The second-order valence-electron chi connectivity index (χ2n) is 5.88. The number of methoxy groups -OCH3 is 1. The molecule has 0 fully saturated rings. The van der Waals surface area contributed by atoms with Crippen LogP contribution in [-0.4, -0.2) is 44.1 Å². The molecule has 0 saturated heterocycles. The van der Waals surface area contributed by atoms with Gasteiger partial charge in [-0.3, -0.25) is 9.69 Å². The van der Waals surface area contributed by atoms with Crippen LogP contribution in [-0.2, 0) is 9.53 Å². The molecular formula is C14H23NO3Si. The molecule has 0 aliphatic heterocycles. The van der Waals surface area contributed by atoms with Gasteiger partial charge in [0, 0.05) is 7.11 Å².